The largest absolute Gasteiger partial charge is 0.489 e. The lowest BCUT2D eigenvalue weighted by Crippen LogP contribution is -2.30. The lowest BCUT2D eigenvalue weighted by Gasteiger charge is -2.19. The van der Waals surface area contributed by atoms with Crippen LogP contribution in [0.5, 0.6) is 0 Å². The third kappa shape index (κ3) is 8.52. The Balaban J connectivity index is 0.000000135. The van der Waals surface area contributed by atoms with Gasteiger partial charge < -0.3 is 10.0 Å². The first-order chi connectivity index (χ1) is 46.9. The molecule has 0 atom stereocenters. The van der Waals surface area contributed by atoms with E-state index < -0.39 is 7.12 Å². The van der Waals surface area contributed by atoms with Crippen molar-refractivity contribution in [2.24, 2.45) is 0 Å². The van der Waals surface area contributed by atoms with Crippen molar-refractivity contribution in [3.8, 4) is 111 Å². The monoisotopic (exact) mass is 1270 g/mol. The molecule has 0 heterocycles. The molecule has 0 saturated heterocycles. The molecular formula is C84H57BBr2O2. The maximum Gasteiger partial charge on any atom is 0.489 e. The van der Waals surface area contributed by atoms with Gasteiger partial charge in [-0.2, -0.15) is 0 Å². The van der Waals surface area contributed by atoms with E-state index in [-0.39, 0.29) is 0 Å². The minimum absolute atomic E-state index is 0.488. The van der Waals surface area contributed by atoms with Crippen molar-refractivity contribution in [3.63, 3.8) is 0 Å². The molecular weight excluding hydrogens is 1210 g/mol. The predicted molar refractivity (Wildman–Crippen MR) is 391 cm³/mol. The average Bonchev–Trinajstić information content (AvgIpc) is 1.60. The van der Waals surface area contributed by atoms with Crippen LogP contribution in [0, 0.1) is 0 Å². The Morgan fingerprint density at radius 3 is 0.933 bits per heavy atom. The highest BCUT2D eigenvalue weighted by Gasteiger charge is 2.31. The van der Waals surface area contributed by atoms with Gasteiger partial charge in [0, 0.05) is 17.9 Å². The predicted octanol–water partition coefficient (Wildman–Crippen LogP) is 23.5. The summed E-state index contributed by atoms with van der Waals surface area (Å²) in [7, 11) is -1.39. The first-order valence-corrected chi connectivity index (χ1v) is 31.8. The van der Waals surface area contributed by atoms with Crippen molar-refractivity contribution in [3.05, 3.63) is 306 Å². The van der Waals surface area contributed by atoms with Gasteiger partial charge in [-0.1, -0.05) is 287 Å². The summed E-state index contributed by atoms with van der Waals surface area (Å²) in [5.74, 6) is 0. The second-order valence-electron chi connectivity index (χ2n) is 23.3. The fraction of sp³-hybridized carbons (Fsp3) is 0. The molecule has 89 heavy (non-hydrogen) atoms. The highest BCUT2D eigenvalue weighted by atomic mass is 79.9. The summed E-state index contributed by atoms with van der Waals surface area (Å²) in [4.78, 5) is 0. The summed E-state index contributed by atoms with van der Waals surface area (Å²) < 4.78 is 31.8. The Morgan fingerprint density at radius 2 is 0.562 bits per heavy atom. The molecule has 0 aliphatic heterocycles. The Kier molecular flexibility index (Phi) is 12.0. The zero-order chi connectivity index (χ0) is 65.4. The molecule has 3 aliphatic carbocycles. The van der Waals surface area contributed by atoms with Crippen LogP contribution in [0.15, 0.2) is 306 Å². The number of hydrogen-bond donors (Lipinski definition) is 2. The van der Waals surface area contributed by atoms with E-state index in [9.17, 15) is 0 Å². The van der Waals surface area contributed by atoms with E-state index in [0.29, 0.717) is 9.94 Å². The fourth-order valence-electron chi connectivity index (χ4n) is 14.9. The first-order valence-electron chi connectivity index (χ1n) is 33.2. The van der Waals surface area contributed by atoms with Gasteiger partial charge in [0.05, 0.1) is 0 Å². The molecule has 0 fully saturated rings. The number of benzene rings is 16. The van der Waals surface area contributed by atoms with Crippen molar-refractivity contribution in [1.82, 2.24) is 0 Å². The van der Waals surface area contributed by atoms with Crippen LogP contribution in [0.2, 0.25) is 0 Å². The van der Waals surface area contributed by atoms with E-state index in [1.165, 1.54) is 176 Å². The molecule has 16 aromatic rings. The summed E-state index contributed by atoms with van der Waals surface area (Å²) in [6, 6.07) is 108. The van der Waals surface area contributed by atoms with E-state index in [2.05, 4.69) is 305 Å². The van der Waals surface area contributed by atoms with Gasteiger partial charge in [0.1, 0.15) is 0 Å². The molecule has 19 rings (SSSR count). The fourth-order valence-corrected chi connectivity index (χ4v) is 15.8. The number of hydrogen-bond acceptors (Lipinski definition) is 2. The van der Waals surface area contributed by atoms with Crippen LogP contribution in [0.25, 0.3) is 176 Å². The number of halogens is 2. The van der Waals surface area contributed by atoms with Gasteiger partial charge in [-0.15, -0.1) is 0 Å². The lowest BCUT2D eigenvalue weighted by molar-refractivity contribution is 0.425. The molecule has 0 aromatic heterocycles. The topological polar surface area (TPSA) is 40.5 Å². The molecule has 0 unspecified atom stereocenters. The minimum Gasteiger partial charge on any atom is -0.423 e. The molecule has 16 aromatic carbocycles. The Bertz CT molecular complexity index is 5460. The smallest absolute Gasteiger partial charge is 0.423 e. The van der Waals surface area contributed by atoms with Gasteiger partial charge in [0.25, 0.3) is 0 Å². The SMILES string of the molecule is Brc1cc2c3c(cccc3c1)-c1cc3c(-c4ccccc4)c4ccccc4c(-c4ccccc4)c3cc1-2.OB(O)c1ccccc1Br.[2H][2H].[2H][2H].[2H][2H].c1ccc(-c2c3ccccc3c(-c3ccccc3)c3cc4c(cc23)-c2ccc3c5c(ccc-4c25)-c2ccccc2-3)cc1. The van der Waals surface area contributed by atoms with Crippen LogP contribution in [0.4, 0.5) is 0 Å². The van der Waals surface area contributed by atoms with Crippen molar-refractivity contribution in [1.29, 1.82) is 0 Å². The zero-order valence-corrected chi connectivity index (χ0v) is 51.2. The van der Waals surface area contributed by atoms with Crippen LogP contribution in [-0.4, -0.2) is 17.2 Å². The van der Waals surface area contributed by atoms with Crippen LogP contribution in [0.3, 0.4) is 0 Å². The molecule has 0 radical (unpaired) electrons. The van der Waals surface area contributed by atoms with Gasteiger partial charge in [-0.05, 0) is 224 Å². The molecule has 0 spiro atoms. The summed E-state index contributed by atoms with van der Waals surface area (Å²) in [5, 5.41) is 33.3. The molecule has 3 aliphatic rings. The van der Waals surface area contributed by atoms with Gasteiger partial charge in [-0.3, -0.25) is 0 Å². The summed E-state index contributed by atoms with van der Waals surface area (Å²) in [5.41, 5.74) is 26.8. The van der Waals surface area contributed by atoms with Crippen LogP contribution in [-0.2, 0) is 0 Å². The Labute approximate surface area is 542 Å². The summed E-state index contributed by atoms with van der Waals surface area (Å²) in [6.07, 6.45) is 0. The highest BCUT2D eigenvalue weighted by Crippen LogP contribution is 2.59. The maximum absolute atomic E-state index is 8.73. The standard InChI is InChI=1S/C42H24.C36H21Br.C6H6BBrO2.3H2/c1-3-11-25(12-4-1)39-29-17-9-10-18-30(29)40(26-13-5-2-6-14-26)38-24-36-34-22-20-32-28-16-8-7-15-27(28)31-19-21-33(42(34)41(31)32)35(36)23-37(38)39;37-25-18-24-14-9-17-28-29-20-32-33(21-30(29)31(19-25)36(24)28)35(23-12-5-2-6-13-23)27-16-8-7-15-26(27)34(32)22-10-3-1-4-11-22;8-6-4-2-1-3-5(6)7(9)10;;;/h1-24H;1-21H;1-4,9-10H;3*1H/i;;;3*1+1D. The van der Waals surface area contributed by atoms with E-state index in [0.717, 1.165) is 4.47 Å². The minimum atomic E-state index is -1.39. The van der Waals surface area contributed by atoms with Crippen molar-refractivity contribution in [2.45, 2.75) is 0 Å². The normalized spacial score (nSPS) is 12.1. The molecule has 0 amide bonds. The van der Waals surface area contributed by atoms with Crippen molar-refractivity contribution >= 4 is 109 Å². The van der Waals surface area contributed by atoms with Gasteiger partial charge in [0.2, 0.25) is 0 Å². The molecule has 2 nitrogen and oxygen atoms in total. The molecule has 2 N–H and O–H groups in total. The van der Waals surface area contributed by atoms with Gasteiger partial charge in [0.15, 0.2) is 0 Å². The van der Waals surface area contributed by atoms with E-state index >= 15 is 0 Å². The second kappa shape index (κ2) is 21.4. The van der Waals surface area contributed by atoms with Gasteiger partial charge in [-0.25, -0.2) is 0 Å². The highest BCUT2D eigenvalue weighted by molar-refractivity contribution is 9.11. The number of fused-ring (bicyclic) bond motifs is 13. The lowest BCUT2D eigenvalue weighted by atomic mass is 9.80. The maximum atomic E-state index is 8.73. The van der Waals surface area contributed by atoms with Crippen LogP contribution >= 0.6 is 31.9 Å². The molecule has 0 bridgehead atoms. The third-order valence-electron chi connectivity index (χ3n) is 18.5. The molecule has 5 heteroatoms. The van der Waals surface area contributed by atoms with Gasteiger partial charge >= 0.3 is 7.12 Å². The number of rotatable bonds is 5. The summed E-state index contributed by atoms with van der Waals surface area (Å²) >= 11 is 6.95. The average molecular weight is 1280 g/mol. The van der Waals surface area contributed by atoms with E-state index in [1.807, 2.05) is 6.07 Å². The van der Waals surface area contributed by atoms with Crippen molar-refractivity contribution < 1.29 is 19.0 Å². The van der Waals surface area contributed by atoms with E-state index in [1.54, 1.807) is 18.2 Å². The van der Waals surface area contributed by atoms with E-state index in [4.69, 9.17) is 19.0 Å². The summed E-state index contributed by atoms with van der Waals surface area (Å²) in [6.45, 7) is 0. The third-order valence-corrected chi connectivity index (χ3v) is 19.7. The second-order valence-corrected chi connectivity index (χ2v) is 25.1. The molecule has 422 valence electrons. The zero-order valence-electron chi connectivity index (χ0n) is 54.0. The quantitative estimate of drug-likeness (QED) is 0.133. The van der Waals surface area contributed by atoms with Crippen LogP contribution < -0.4 is 5.46 Å². The van der Waals surface area contributed by atoms with Crippen molar-refractivity contribution in [2.75, 3.05) is 0 Å². The van der Waals surface area contributed by atoms with Crippen LogP contribution in [0.1, 0.15) is 8.91 Å². The Morgan fingerprint density at radius 1 is 0.247 bits per heavy atom. The molecule has 0 saturated carbocycles. The first kappa shape index (κ1) is 50.1. The Hall–Kier alpha value is -9.98.